The summed E-state index contributed by atoms with van der Waals surface area (Å²) in [5.41, 5.74) is 7.13. The number of fused-ring (bicyclic) bond motifs is 1. The molecule has 0 amide bonds. The number of imidazole rings is 1. The highest BCUT2D eigenvalue weighted by molar-refractivity contribution is 5.38. The van der Waals surface area contributed by atoms with Gasteiger partial charge in [-0.25, -0.2) is 4.98 Å². The molecule has 0 radical (unpaired) electrons. The summed E-state index contributed by atoms with van der Waals surface area (Å²) in [4.78, 5) is 4.43. The summed E-state index contributed by atoms with van der Waals surface area (Å²) < 4.78 is 2.31. The minimum absolute atomic E-state index is 0.481. The maximum atomic E-state index is 5.87. The van der Waals surface area contributed by atoms with Crippen molar-refractivity contribution in [3.05, 3.63) is 11.5 Å². The number of hydrogen-bond donors (Lipinski definition) is 1. The Bertz CT molecular complexity index is 312. The van der Waals surface area contributed by atoms with E-state index in [1.807, 2.05) is 0 Å². The Morgan fingerprint density at radius 1 is 1.38 bits per heavy atom. The molecule has 0 atom stereocenters. The molecule has 0 fully saturated rings. The summed E-state index contributed by atoms with van der Waals surface area (Å²) in [6.07, 6.45) is 3.63. The second kappa shape index (κ2) is 3.05. The Hall–Kier alpha value is -0.990. The van der Waals surface area contributed by atoms with Gasteiger partial charge in [0, 0.05) is 12.5 Å². The summed E-state index contributed by atoms with van der Waals surface area (Å²) in [5, 5.41) is 0. The molecule has 1 aromatic heterocycles. The van der Waals surface area contributed by atoms with Crippen LogP contribution < -0.4 is 5.73 Å². The van der Waals surface area contributed by atoms with Crippen LogP contribution in [0.5, 0.6) is 0 Å². The van der Waals surface area contributed by atoms with Gasteiger partial charge in [0.05, 0.1) is 5.69 Å². The van der Waals surface area contributed by atoms with E-state index in [4.69, 9.17) is 5.73 Å². The minimum atomic E-state index is 0.481. The van der Waals surface area contributed by atoms with Crippen LogP contribution in [0.1, 0.15) is 44.1 Å². The second-order valence-corrected chi connectivity index (χ2v) is 4.07. The van der Waals surface area contributed by atoms with Crippen LogP contribution in [0.3, 0.4) is 0 Å². The lowest BCUT2D eigenvalue weighted by Gasteiger charge is -2.17. The summed E-state index contributed by atoms with van der Waals surface area (Å²) in [7, 11) is 0. The zero-order valence-corrected chi connectivity index (χ0v) is 8.38. The molecule has 72 valence electrons. The third-order valence-corrected chi connectivity index (χ3v) is 2.69. The number of nitrogens with zero attached hydrogens (tertiary/aromatic N) is 2. The molecule has 0 aliphatic carbocycles. The lowest BCUT2D eigenvalue weighted by atomic mass is 10.1. The molecule has 1 aromatic rings. The number of aromatic nitrogens is 2. The first-order valence-corrected chi connectivity index (χ1v) is 5.05. The van der Waals surface area contributed by atoms with Crippen LogP contribution in [0.15, 0.2) is 0 Å². The first-order valence-electron chi connectivity index (χ1n) is 5.05. The average molecular weight is 179 g/mol. The third-order valence-electron chi connectivity index (χ3n) is 2.69. The van der Waals surface area contributed by atoms with Crippen molar-refractivity contribution in [2.75, 3.05) is 5.73 Å². The largest absolute Gasteiger partial charge is 0.382 e. The van der Waals surface area contributed by atoms with Gasteiger partial charge >= 0.3 is 0 Å². The van der Waals surface area contributed by atoms with Crippen LogP contribution in [0, 0.1) is 0 Å². The molecule has 0 saturated heterocycles. The maximum absolute atomic E-state index is 5.87. The molecule has 3 heteroatoms. The van der Waals surface area contributed by atoms with Gasteiger partial charge in [0.15, 0.2) is 0 Å². The number of anilines is 1. The zero-order valence-electron chi connectivity index (χ0n) is 8.38. The van der Waals surface area contributed by atoms with E-state index in [0.717, 1.165) is 24.6 Å². The number of hydrogen-bond acceptors (Lipinski definition) is 2. The van der Waals surface area contributed by atoms with Crippen molar-refractivity contribution in [3.8, 4) is 0 Å². The molecule has 1 aliphatic rings. The van der Waals surface area contributed by atoms with Crippen molar-refractivity contribution in [1.29, 1.82) is 0 Å². The number of nitrogens with two attached hydrogens (primary N) is 1. The lowest BCUT2D eigenvalue weighted by molar-refractivity contribution is 0.505. The predicted molar refractivity (Wildman–Crippen MR) is 53.7 cm³/mol. The van der Waals surface area contributed by atoms with E-state index in [-0.39, 0.29) is 0 Å². The molecule has 0 saturated carbocycles. The highest BCUT2D eigenvalue weighted by Crippen LogP contribution is 2.25. The third kappa shape index (κ3) is 1.32. The van der Waals surface area contributed by atoms with Gasteiger partial charge in [-0.3, -0.25) is 0 Å². The maximum Gasteiger partial charge on any atom is 0.145 e. The van der Waals surface area contributed by atoms with Crippen molar-refractivity contribution < 1.29 is 0 Å². The second-order valence-electron chi connectivity index (χ2n) is 4.07. The molecule has 3 nitrogen and oxygen atoms in total. The Kier molecular flexibility index (Phi) is 2.02. The predicted octanol–water partition coefficient (Wildman–Crippen LogP) is 1.93. The highest BCUT2D eigenvalue weighted by Gasteiger charge is 2.19. The van der Waals surface area contributed by atoms with Crippen molar-refractivity contribution >= 4 is 5.82 Å². The van der Waals surface area contributed by atoms with E-state index < -0.39 is 0 Å². The number of nitrogen functional groups attached to an aromatic ring is 1. The van der Waals surface area contributed by atoms with Crippen molar-refractivity contribution in [2.45, 2.75) is 45.6 Å². The van der Waals surface area contributed by atoms with E-state index in [9.17, 15) is 0 Å². The molecule has 13 heavy (non-hydrogen) atoms. The minimum Gasteiger partial charge on any atom is -0.382 e. The van der Waals surface area contributed by atoms with Crippen LogP contribution in [0.2, 0.25) is 0 Å². The smallest absolute Gasteiger partial charge is 0.145 e. The van der Waals surface area contributed by atoms with Gasteiger partial charge in [-0.1, -0.05) is 13.8 Å². The average Bonchev–Trinajstić information content (AvgIpc) is 2.45. The van der Waals surface area contributed by atoms with Crippen LogP contribution in [-0.2, 0) is 13.0 Å². The van der Waals surface area contributed by atoms with E-state index in [1.165, 1.54) is 18.5 Å². The molecule has 0 bridgehead atoms. The molecule has 0 spiro atoms. The normalized spacial score (nSPS) is 16.2. The fraction of sp³-hybridized carbons (Fsp3) is 0.700. The Labute approximate surface area is 79.0 Å². The SMILES string of the molecule is CC(C)c1nc(N)c2n1CCCC2. The van der Waals surface area contributed by atoms with Gasteiger partial charge in [0.2, 0.25) is 0 Å². The molecule has 2 N–H and O–H groups in total. The first-order chi connectivity index (χ1) is 6.20. The monoisotopic (exact) mass is 179 g/mol. The summed E-state index contributed by atoms with van der Waals surface area (Å²) in [6.45, 7) is 5.44. The van der Waals surface area contributed by atoms with Crippen LogP contribution in [0.25, 0.3) is 0 Å². The Morgan fingerprint density at radius 3 is 2.85 bits per heavy atom. The molecule has 2 rings (SSSR count). The Morgan fingerprint density at radius 2 is 2.15 bits per heavy atom. The van der Waals surface area contributed by atoms with Gasteiger partial charge in [-0.15, -0.1) is 0 Å². The first kappa shape index (κ1) is 8.60. The van der Waals surface area contributed by atoms with E-state index in [0.29, 0.717) is 5.92 Å². The molecular formula is C10H17N3. The Balaban J connectivity index is 2.47. The van der Waals surface area contributed by atoms with Gasteiger partial charge in [-0.05, 0) is 19.3 Å². The van der Waals surface area contributed by atoms with Crippen molar-refractivity contribution in [1.82, 2.24) is 9.55 Å². The fourth-order valence-corrected chi connectivity index (χ4v) is 2.04. The van der Waals surface area contributed by atoms with E-state index in [1.54, 1.807) is 0 Å². The van der Waals surface area contributed by atoms with Gasteiger partial charge < -0.3 is 10.3 Å². The molecule has 0 unspecified atom stereocenters. The summed E-state index contributed by atoms with van der Waals surface area (Å²) in [6, 6.07) is 0. The quantitative estimate of drug-likeness (QED) is 0.715. The van der Waals surface area contributed by atoms with E-state index in [2.05, 4.69) is 23.4 Å². The zero-order chi connectivity index (χ0) is 9.42. The van der Waals surface area contributed by atoms with Gasteiger partial charge in [0.25, 0.3) is 0 Å². The lowest BCUT2D eigenvalue weighted by Crippen LogP contribution is -2.13. The molecule has 0 aromatic carbocycles. The number of rotatable bonds is 1. The van der Waals surface area contributed by atoms with Crippen molar-refractivity contribution in [2.24, 2.45) is 0 Å². The van der Waals surface area contributed by atoms with Crippen LogP contribution >= 0.6 is 0 Å². The van der Waals surface area contributed by atoms with E-state index >= 15 is 0 Å². The molecular weight excluding hydrogens is 162 g/mol. The summed E-state index contributed by atoms with van der Waals surface area (Å²) >= 11 is 0. The summed E-state index contributed by atoms with van der Waals surface area (Å²) in [5.74, 6) is 2.39. The fourth-order valence-electron chi connectivity index (χ4n) is 2.04. The van der Waals surface area contributed by atoms with Crippen molar-refractivity contribution in [3.63, 3.8) is 0 Å². The van der Waals surface area contributed by atoms with Crippen LogP contribution in [0.4, 0.5) is 5.82 Å². The van der Waals surface area contributed by atoms with Crippen LogP contribution in [-0.4, -0.2) is 9.55 Å². The van der Waals surface area contributed by atoms with Gasteiger partial charge in [0.1, 0.15) is 11.6 Å². The highest BCUT2D eigenvalue weighted by atomic mass is 15.1. The molecule has 1 aliphatic heterocycles. The molecule has 2 heterocycles. The standard InChI is InChI=1S/C10H17N3/c1-7(2)10-12-9(11)8-5-3-4-6-13(8)10/h7H,3-6,11H2,1-2H3. The topological polar surface area (TPSA) is 43.8 Å². The van der Waals surface area contributed by atoms with Gasteiger partial charge in [-0.2, -0.15) is 0 Å².